The van der Waals surface area contributed by atoms with Crippen molar-refractivity contribution in [3.05, 3.63) is 30.3 Å². The Morgan fingerprint density at radius 1 is 1.19 bits per heavy atom. The summed E-state index contributed by atoms with van der Waals surface area (Å²) in [7, 11) is 0. The SMILES string of the molecule is C[C@H](NC(C)(C)C)C(=O)Nc1ccccc1. The highest BCUT2D eigenvalue weighted by atomic mass is 16.2. The van der Waals surface area contributed by atoms with Crippen molar-refractivity contribution in [3.63, 3.8) is 0 Å². The number of anilines is 1. The van der Waals surface area contributed by atoms with Gasteiger partial charge in [-0.15, -0.1) is 0 Å². The Kier molecular flexibility index (Phi) is 4.07. The molecule has 0 aromatic heterocycles. The van der Waals surface area contributed by atoms with Gasteiger partial charge in [0, 0.05) is 11.2 Å². The van der Waals surface area contributed by atoms with E-state index in [0.29, 0.717) is 0 Å². The van der Waals surface area contributed by atoms with Gasteiger partial charge in [-0.2, -0.15) is 0 Å². The number of carbonyl (C=O) groups is 1. The van der Waals surface area contributed by atoms with E-state index in [1.165, 1.54) is 0 Å². The third-order valence-corrected chi connectivity index (χ3v) is 2.08. The maximum Gasteiger partial charge on any atom is 0.241 e. The Hall–Kier alpha value is -1.35. The molecule has 0 radical (unpaired) electrons. The maximum absolute atomic E-state index is 11.8. The summed E-state index contributed by atoms with van der Waals surface area (Å²) in [4.78, 5) is 11.8. The zero-order chi connectivity index (χ0) is 12.2. The number of carbonyl (C=O) groups excluding carboxylic acids is 1. The first-order valence-corrected chi connectivity index (χ1v) is 5.52. The predicted octanol–water partition coefficient (Wildman–Crippen LogP) is 2.40. The number of rotatable bonds is 3. The number of nitrogens with one attached hydrogen (secondary N) is 2. The summed E-state index contributed by atoms with van der Waals surface area (Å²) in [5.74, 6) is -0.0128. The van der Waals surface area contributed by atoms with Crippen molar-refractivity contribution in [2.45, 2.75) is 39.3 Å². The molecule has 1 aromatic rings. The molecule has 0 saturated heterocycles. The van der Waals surface area contributed by atoms with Crippen molar-refractivity contribution < 1.29 is 4.79 Å². The van der Waals surface area contributed by atoms with Crippen LogP contribution in [0.25, 0.3) is 0 Å². The van der Waals surface area contributed by atoms with E-state index in [1.54, 1.807) is 0 Å². The number of hydrogen-bond donors (Lipinski definition) is 2. The second-order valence-corrected chi connectivity index (χ2v) is 4.97. The van der Waals surface area contributed by atoms with Gasteiger partial charge in [0.15, 0.2) is 0 Å². The number of benzene rings is 1. The van der Waals surface area contributed by atoms with Crippen molar-refractivity contribution >= 4 is 11.6 Å². The topological polar surface area (TPSA) is 41.1 Å². The standard InChI is InChI=1S/C13H20N2O/c1-10(15-13(2,3)4)12(16)14-11-8-6-5-7-9-11/h5-10,15H,1-4H3,(H,14,16)/t10-/m0/s1. The summed E-state index contributed by atoms with van der Waals surface area (Å²) in [5, 5.41) is 6.09. The molecule has 88 valence electrons. The fourth-order valence-corrected chi connectivity index (χ4v) is 1.49. The lowest BCUT2D eigenvalue weighted by Gasteiger charge is -2.25. The summed E-state index contributed by atoms with van der Waals surface area (Å²) >= 11 is 0. The van der Waals surface area contributed by atoms with E-state index >= 15 is 0 Å². The molecule has 0 aliphatic heterocycles. The molecule has 0 unspecified atom stereocenters. The van der Waals surface area contributed by atoms with Crippen molar-refractivity contribution in [3.8, 4) is 0 Å². The van der Waals surface area contributed by atoms with Gasteiger partial charge >= 0.3 is 0 Å². The van der Waals surface area contributed by atoms with Gasteiger partial charge < -0.3 is 10.6 Å². The van der Waals surface area contributed by atoms with E-state index in [9.17, 15) is 4.79 Å². The zero-order valence-corrected chi connectivity index (χ0v) is 10.4. The Morgan fingerprint density at radius 3 is 2.25 bits per heavy atom. The number of para-hydroxylation sites is 1. The third kappa shape index (κ3) is 4.45. The van der Waals surface area contributed by atoms with Gasteiger partial charge in [0.2, 0.25) is 5.91 Å². The first-order valence-electron chi connectivity index (χ1n) is 5.52. The fraction of sp³-hybridized carbons (Fsp3) is 0.462. The van der Waals surface area contributed by atoms with Gasteiger partial charge in [-0.25, -0.2) is 0 Å². The molecule has 0 heterocycles. The van der Waals surface area contributed by atoms with Crippen LogP contribution in [0.1, 0.15) is 27.7 Å². The van der Waals surface area contributed by atoms with Crippen LogP contribution in [-0.4, -0.2) is 17.5 Å². The number of hydrogen-bond acceptors (Lipinski definition) is 2. The molecule has 1 amide bonds. The van der Waals surface area contributed by atoms with Gasteiger partial charge in [-0.05, 0) is 39.8 Å². The molecule has 16 heavy (non-hydrogen) atoms. The van der Waals surface area contributed by atoms with Gasteiger partial charge in [0.05, 0.1) is 6.04 Å². The van der Waals surface area contributed by atoms with E-state index in [4.69, 9.17) is 0 Å². The fourth-order valence-electron chi connectivity index (χ4n) is 1.49. The highest BCUT2D eigenvalue weighted by Gasteiger charge is 2.19. The molecule has 0 fully saturated rings. The van der Waals surface area contributed by atoms with Gasteiger partial charge in [0.25, 0.3) is 0 Å². The van der Waals surface area contributed by atoms with E-state index in [2.05, 4.69) is 10.6 Å². The molecule has 1 atom stereocenters. The molecule has 0 spiro atoms. The van der Waals surface area contributed by atoms with Gasteiger partial charge in [-0.1, -0.05) is 18.2 Å². The highest BCUT2D eigenvalue weighted by Crippen LogP contribution is 2.07. The second-order valence-electron chi connectivity index (χ2n) is 4.97. The molecule has 0 saturated carbocycles. The summed E-state index contributed by atoms with van der Waals surface area (Å²) in [5.41, 5.74) is 0.767. The minimum Gasteiger partial charge on any atom is -0.325 e. The molecular formula is C13H20N2O. The summed E-state index contributed by atoms with van der Waals surface area (Å²) in [6.45, 7) is 7.99. The molecule has 0 aliphatic carbocycles. The highest BCUT2D eigenvalue weighted by molar-refractivity contribution is 5.94. The van der Waals surface area contributed by atoms with Crippen molar-refractivity contribution in [2.75, 3.05) is 5.32 Å². The van der Waals surface area contributed by atoms with Crippen molar-refractivity contribution in [1.82, 2.24) is 5.32 Å². The average molecular weight is 220 g/mol. The summed E-state index contributed by atoms with van der Waals surface area (Å²) in [6, 6.07) is 9.27. The Morgan fingerprint density at radius 2 is 1.75 bits per heavy atom. The van der Waals surface area contributed by atoms with E-state index in [0.717, 1.165) is 5.69 Å². The van der Waals surface area contributed by atoms with Crippen LogP contribution in [-0.2, 0) is 4.79 Å². The summed E-state index contributed by atoms with van der Waals surface area (Å²) in [6.07, 6.45) is 0. The van der Waals surface area contributed by atoms with Crippen LogP contribution < -0.4 is 10.6 Å². The van der Waals surface area contributed by atoms with E-state index in [-0.39, 0.29) is 17.5 Å². The quantitative estimate of drug-likeness (QED) is 0.821. The van der Waals surface area contributed by atoms with Crippen LogP contribution >= 0.6 is 0 Å². The second kappa shape index (κ2) is 5.12. The van der Waals surface area contributed by atoms with Crippen LogP contribution in [0, 0.1) is 0 Å². The predicted molar refractivity (Wildman–Crippen MR) is 67.4 cm³/mol. The van der Waals surface area contributed by atoms with Crippen LogP contribution in [0.15, 0.2) is 30.3 Å². The van der Waals surface area contributed by atoms with Crippen LogP contribution in [0.5, 0.6) is 0 Å². The van der Waals surface area contributed by atoms with Crippen LogP contribution in [0.3, 0.4) is 0 Å². The van der Waals surface area contributed by atoms with Crippen molar-refractivity contribution in [2.24, 2.45) is 0 Å². The minimum atomic E-state index is -0.208. The van der Waals surface area contributed by atoms with Crippen LogP contribution in [0.2, 0.25) is 0 Å². The van der Waals surface area contributed by atoms with Crippen molar-refractivity contribution in [1.29, 1.82) is 0 Å². The molecule has 2 N–H and O–H groups in total. The first-order chi connectivity index (χ1) is 7.38. The monoisotopic (exact) mass is 220 g/mol. The molecule has 3 nitrogen and oxygen atoms in total. The molecule has 0 bridgehead atoms. The van der Waals surface area contributed by atoms with Gasteiger partial charge in [-0.3, -0.25) is 4.79 Å². The number of amides is 1. The molecule has 1 aromatic carbocycles. The van der Waals surface area contributed by atoms with E-state index < -0.39 is 0 Å². The van der Waals surface area contributed by atoms with Gasteiger partial charge in [0.1, 0.15) is 0 Å². The lowest BCUT2D eigenvalue weighted by Crippen LogP contribution is -2.47. The molecule has 3 heteroatoms. The Balaban J connectivity index is 2.53. The average Bonchev–Trinajstić information content (AvgIpc) is 2.16. The zero-order valence-electron chi connectivity index (χ0n) is 10.4. The van der Waals surface area contributed by atoms with E-state index in [1.807, 2.05) is 58.0 Å². The molecular weight excluding hydrogens is 200 g/mol. The third-order valence-electron chi connectivity index (χ3n) is 2.08. The Labute approximate surface area is 97.2 Å². The lowest BCUT2D eigenvalue weighted by atomic mass is 10.1. The molecule has 1 rings (SSSR count). The molecule has 0 aliphatic rings. The van der Waals surface area contributed by atoms with Crippen LogP contribution in [0.4, 0.5) is 5.69 Å². The largest absolute Gasteiger partial charge is 0.325 e. The minimum absolute atomic E-state index is 0.0128. The normalized spacial score (nSPS) is 13.2. The lowest BCUT2D eigenvalue weighted by molar-refractivity contribution is -0.118. The first kappa shape index (κ1) is 12.7. The summed E-state index contributed by atoms with van der Waals surface area (Å²) < 4.78 is 0. The smallest absolute Gasteiger partial charge is 0.241 e. The Bertz CT molecular complexity index is 341. The maximum atomic E-state index is 11.8.